The Morgan fingerprint density at radius 2 is 1.94 bits per heavy atom. The van der Waals surface area contributed by atoms with Gasteiger partial charge in [-0.3, -0.25) is 9.69 Å². The summed E-state index contributed by atoms with van der Waals surface area (Å²) in [6, 6.07) is 0.566. The minimum atomic E-state index is -0.959. The monoisotopic (exact) mass is 245 g/mol. The van der Waals surface area contributed by atoms with Gasteiger partial charge in [0.2, 0.25) is 5.91 Å². The Kier molecular flexibility index (Phi) is 6.67. The first-order valence-electron chi connectivity index (χ1n) is 6.05. The number of nitrogens with two attached hydrogens (primary N) is 2. The Hall–Kier alpha value is -0.650. The van der Waals surface area contributed by atoms with Crippen LogP contribution in [-0.4, -0.2) is 48.7 Å². The lowest BCUT2D eigenvalue weighted by atomic mass is 9.93. The predicted octanol–water partition coefficient (Wildman–Crippen LogP) is 0.325. The van der Waals surface area contributed by atoms with Crippen LogP contribution in [0.15, 0.2) is 0 Å². The molecule has 0 saturated heterocycles. The smallest absolute Gasteiger partial charge is 0.237 e. The van der Waals surface area contributed by atoms with Gasteiger partial charge in [-0.15, -0.1) is 0 Å². The molecule has 0 aromatic rings. The molecule has 0 fully saturated rings. The number of hydrogen-bond acceptors (Lipinski definition) is 4. The summed E-state index contributed by atoms with van der Waals surface area (Å²) in [6.45, 7) is 9.46. The lowest BCUT2D eigenvalue weighted by Gasteiger charge is -2.36. The van der Waals surface area contributed by atoms with Gasteiger partial charge in [0.05, 0.1) is 12.1 Å². The first kappa shape index (κ1) is 16.4. The molecule has 0 heterocycles. The van der Waals surface area contributed by atoms with Crippen molar-refractivity contribution in [3.05, 3.63) is 0 Å². The Bertz CT molecular complexity index is 242. The van der Waals surface area contributed by atoms with Crippen molar-refractivity contribution in [1.82, 2.24) is 4.90 Å². The zero-order chi connectivity index (χ0) is 13.6. The average molecular weight is 245 g/mol. The third kappa shape index (κ3) is 5.48. The fraction of sp³-hybridized carbons (Fsp3) is 0.917. The van der Waals surface area contributed by atoms with Crippen LogP contribution in [0.2, 0.25) is 0 Å². The molecule has 4 N–H and O–H groups in total. The summed E-state index contributed by atoms with van der Waals surface area (Å²) in [4.78, 5) is 13.5. The molecule has 0 radical (unpaired) electrons. The number of carbonyl (C=O) groups excluding carboxylic acids is 1. The largest absolute Gasteiger partial charge is 0.383 e. The van der Waals surface area contributed by atoms with Crippen molar-refractivity contribution in [2.24, 2.45) is 11.5 Å². The van der Waals surface area contributed by atoms with Gasteiger partial charge in [0.25, 0.3) is 0 Å². The van der Waals surface area contributed by atoms with E-state index in [9.17, 15) is 4.79 Å². The van der Waals surface area contributed by atoms with E-state index >= 15 is 0 Å². The van der Waals surface area contributed by atoms with Crippen molar-refractivity contribution in [3.8, 4) is 0 Å². The highest BCUT2D eigenvalue weighted by atomic mass is 16.5. The van der Waals surface area contributed by atoms with E-state index in [1.807, 2.05) is 0 Å². The van der Waals surface area contributed by atoms with Crippen molar-refractivity contribution in [2.45, 2.75) is 51.7 Å². The third-order valence-electron chi connectivity index (χ3n) is 3.07. The Balaban J connectivity index is 4.51. The number of hydrogen-bond donors (Lipinski definition) is 2. The molecular formula is C12H27N3O2. The molecule has 17 heavy (non-hydrogen) atoms. The van der Waals surface area contributed by atoms with E-state index in [0.717, 1.165) is 6.54 Å². The van der Waals surface area contributed by atoms with Gasteiger partial charge in [-0.2, -0.15) is 0 Å². The minimum Gasteiger partial charge on any atom is -0.383 e. The van der Waals surface area contributed by atoms with E-state index in [2.05, 4.69) is 25.7 Å². The van der Waals surface area contributed by atoms with Crippen LogP contribution in [0.5, 0.6) is 0 Å². The number of amides is 1. The molecule has 0 aromatic carbocycles. The second-order valence-electron chi connectivity index (χ2n) is 5.16. The van der Waals surface area contributed by atoms with Crippen molar-refractivity contribution >= 4 is 5.91 Å². The van der Waals surface area contributed by atoms with Crippen LogP contribution in [0.4, 0.5) is 0 Å². The van der Waals surface area contributed by atoms with E-state index in [1.165, 1.54) is 0 Å². The summed E-state index contributed by atoms with van der Waals surface area (Å²) in [5, 5.41) is 0. The van der Waals surface area contributed by atoms with Crippen LogP contribution in [-0.2, 0) is 9.53 Å². The number of rotatable bonds is 8. The maximum atomic E-state index is 11.2. The van der Waals surface area contributed by atoms with E-state index in [1.54, 1.807) is 14.0 Å². The van der Waals surface area contributed by atoms with Crippen LogP contribution in [0.3, 0.4) is 0 Å². The highest BCUT2D eigenvalue weighted by Gasteiger charge is 2.30. The summed E-state index contributed by atoms with van der Waals surface area (Å²) < 4.78 is 5.09. The highest BCUT2D eigenvalue weighted by molar-refractivity contribution is 5.83. The SMILES string of the molecule is COCCN(C(C)C)C(C)CC(C)(N)C(N)=O. The second-order valence-corrected chi connectivity index (χ2v) is 5.16. The van der Waals surface area contributed by atoms with Crippen molar-refractivity contribution in [2.75, 3.05) is 20.3 Å². The van der Waals surface area contributed by atoms with Gasteiger partial charge in [0.15, 0.2) is 0 Å². The molecule has 2 atom stereocenters. The summed E-state index contributed by atoms with van der Waals surface area (Å²) in [5.41, 5.74) is 10.2. The van der Waals surface area contributed by atoms with Crippen LogP contribution in [0.1, 0.15) is 34.1 Å². The van der Waals surface area contributed by atoms with E-state index in [0.29, 0.717) is 19.1 Å². The topological polar surface area (TPSA) is 81.6 Å². The van der Waals surface area contributed by atoms with Crippen LogP contribution < -0.4 is 11.5 Å². The van der Waals surface area contributed by atoms with Gasteiger partial charge < -0.3 is 16.2 Å². The van der Waals surface area contributed by atoms with Gasteiger partial charge in [-0.25, -0.2) is 0 Å². The zero-order valence-electron chi connectivity index (χ0n) is 11.7. The molecule has 1 amide bonds. The van der Waals surface area contributed by atoms with Crippen LogP contribution >= 0.6 is 0 Å². The van der Waals surface area contributed by atoms with Gasteiger partial charge in [0.1, 0.15) is 0 Å². The summed E-state index contributed by atoms with van der Waals surface area (Å²) in [7, 11) is 1.68. The number of carbonyl (C=O) groups is 1. The van der Waals surface area contributed by atoms with Crippen molar-refractivity contribution in [3.63, 3.8) is 0 Å². The molecule has 2 unspecified atom stereocenters. The maximum absolute atomic E-state index is 11.2. The Morgan fingerprint density at radius 3 is 2.29 bits per heavy atom. The maximum Gasteiger partial charge on any atom is 0.237 e. The van der Waals surface area contributed by atoms with Crippen molar-refractivity contribution < 1.29 is 9.53 Å². The third-order valence-corrected chi connectivity index (χ3v) is 3.07. The van der Waals surface area contributed by atoms with Gasteiger partial charge in [-0.05, 0) is 34.1 Å². The molecule has 102 valence electrons. The molecule has 0 aliphatic heterocycles. The molecular weight excluding hydrogens is 218 g/mol. The molecule has 0 rings (SSSR count). The molecule has 0 aromatic heterocycles. The molecule has 0 bridgehead atoms. The van der Waals surface area contributed by atoms with Gasteiger partial charge in [-0.1, -0.05) is 0 Å². The summed E-state index contributed by atoms with van der Waals surface area (Å²) >= 11 is 0. The Morgan fingerprint density at radius 1 is 1.41 bits per heavy atom. The van der Waals surface area contributed by atoms with Crippen LogP contribution in [0.25, 0.3) is 0 Å². The lowest BCUT2D eigenvalue weighted by molar-refractivity contribution is -0.123. The number of methoxy groups -OCH3 is 1. The summed E-state index contributed by atoms with van der Waals surface area (Å²) in [6.07, 6.45) is 0.546. The fourth-order valence-electron chi connectivity index (χ4n) is 2.02. The normalized spacial score (nSPS) is 17.2. The molecule has 5 nitrogen and oxygen atoms in total. The number of primary amides is 1. The standard InChI is InChI=1S/C12H27N3O2/c1-9(2)15(6-7-17-5)10(3)8-12(4,14)11(13)16/h9-10H,6-8,14H2,1-5H3,(H2,13,16). The van der Waals surface area contributed by atoms with Gasteiger partial charge >= 0.3 is 0 Å². The van der Waals surface area contributed by atoms with E-state index in [4.69, 9.17) is 16.2 Å². The fourth-order valence-corrected chi connectivity index (χ4v) is 2.02. The quantitative estimate of drug-likeness (QED) is 0.645. The molecule has 0 aliphatic rings. The molecule has 0 aliphatic carbocycles. The van der Waals surface area contributed by atoms with Gasteiger partial charge in [0, 0.05) is 25.7 Å². The second kappa shape index (κ2) is 6.93. The summed E-state index contributed by atoms with van der Waals surface area (Å²) in [5.74, 6) is -0.459. The van der Waals surface area contributed by atoms with E-state index in [-0.39, 0.29) is 6.04 Å². The first-order chi connectivity index (χ1) is 7.72. The number of nitrogens with zero attached hydrogens (tertiary/aromatic N) is 1. The van der Waals surface area contributed by atoms with Crippen LogP contribution in [0, 0.1) is 0 Å². The minimum absolute atomic E-state index is 0.188. The zero-order valence-corrected chi connectivity index (χ0v) is 11.7. The average Bonchev–Trinajstić information content (AvgIpc) is 2.16. The van der Waals surface area contributed by atoms with Crippen molar-refractivity contribution in [1.29, 1.82) is 0 Å². The highest BCUT2D eigenvalue weighted by Crippen LogP contribution is 2.15. The Labute approximate surface area is 104 Å². The number of ether oxygens (including phenoxy) is 1. The molecule has 0 saturated carbocycles. The first-order valence-corrected chi connectivity index (χ1v) is 6.05. The molecule has 0 spiro atoms. The lowest BCUT2D eigenvalue weighted by Crippen LogP contribution is -2.54. The molecule has 5 heteroatoms. The predicted molar refractivity (Wildman–Crippen MR) is 69.6 cm³/mol. The van der Waals surface area contributed by atoms with E-state index < -0.39 is 11.4 Å².